The van der Waals surface area contributed by atoms with Crippen molar-refractivity contribution in [3.8, 4) is 17.0 Å². The molecule has 2 aliphatic carbocycles. The Morgan fingerprint density at radius 3 is 2.77 bits per heavy atom. The number of hydrogen-bond donors (Lipinski definition) is 1. The van der Waals surface area contributed by atoms with Crippen molar-refractivity contribution in [1.82, 2.24) is 10.5 Å². The number of aromatic nitrogens is 1. The number of rotatable bonds is 6. The van der Waals surface area contributed by atoms with E-state index in [0.29, 0.717) is 36.2 Å². The monoisotopic (exact) mass is 420 g/mol. The molecule has 0 spiro atoms. The first-order valence-electron chi connectivity index (χ1n) is 10.7. The maximum absolute atomic E-state index is 12.9. The van der Waals surface area contributed by atoms with E-state index in [2.05, 4.69) is 15.2 Å². The van der Waals surface area contributed by atoms with Gasteiger partial charge in [0.2, 0.25) is 0 Å². The summed E-state index contributed by atoms with van der Waals surface area (Å²) in [5.41, 5.74) is 1.43. The lowest BCUT2D eigenvalue weighted by Crippen LogP contribution is -2.35. The number of para-hydroxylation sites is 1. The van der Waals surface area contributed by atoms with Gasteiger partial charge in [0.15, 0.2) is 0 Å². The number of alkyl halides is 3. The van der Waals surface area contributed by atoms with Crippen LogP contribution in [0.25, 0.3) is 11.3 Å². The van der Waals surface area contributed by atoms with E-state index in [-0.39, 0.29) is 23.3 Å². The average Bonchev–Trinajstić information content (AvgIpc) is 3.58. The van der Waals surface area contributed by atoms with Crippen molar-refractivity contribution in [2.45, 2.75) is 69.2 Å². The molecule has 3 heterocycles. The molecule has 5 atom stereocenters. The third kappa shape index (κ3) is 3.30. The summed E-state index contributed by atoms with van der Waals surface area (Å²) in [7, 11) is 0. The number of benzene rings is 1. The van der Waals surface area contributed by atoms with Gasteiger partial charge >= 0.3 is 6.36 Å². The minimum atomic E-state index is -4.77. The molecule has 4 unspecified atom stereocenters. The summed E-state index contributed by atoms with van der Waals surface area (Å²) < 4.78 is 54.8. The van der Waals surface area contributed by atoms with E-state index in [9.17, 15) is 13.2 Å². The van der Waals surface area contributed by atoms with E-state index in [1.54, 1.807) is 12.1 Å². The third-order valence-electron chi connectivity index (χ3n) is 7.01. The van der Waals surface area contributed by atoms with Crippen LogP contribution in [-0.2, 0) is 11.3 Å². The van der Waals surface area contributed by atoms with Crippen molar-refractivity contribution in [3.63, 3.8) is 0 Å². The van der Waals surface area contributed by atoms with E-state index in [1.165, 1.54) is 25.0 Å². The predicted octanol–water partition coefficient (Wildman–Crippen LogP) is 4.77. The predicted molar refractivity (Wildman–Crippen MR) is 101 cm³/mol. The van der Waals surface area contributed by atoms with Crippen molar-refractivity contribution in [2.24, 2.45) is 11.8 Å². The molecule has 2 saturated heterocycles. The first-order valence-corrected chi connectivity index (χ1v) is 10.7. The lowest BCUT2D eigenvalue weighted by Gasteiger charge is -2.18. The summed E-state index contributed by atoms with van der Waals surface area (Å²) in [6.45, 7) is 0.306. The van der Waals surface area contributed by atoms with Gasteiger partial charge in [-0.1, -0.05) is 17.3 Å². The molecule has 30 heavy (non-hydrogen) atoms. The summed E-state index contributed by atoms with van der Waals surface area (Å²) in [5.74, 6) is 1.90. The highest BCUT2D eigenvalue weighted by atomic mass is 19.4. The normalized spacial score (nSPS) is 32.2. The Kier molecular flexibility index (Phi) is 4.19. The molecule has 0 amide bonds. The lowest BCUT2D eigenvalue weighted by atomic mass is 10.0. The van der Waals surface area contributed by atoms with E-state index >= 15 is 0 Å². The maximum atomic E-state index is 12.9. The van der Waals surface area contributed by atoms with Crippen LogP contribution in [0.3, 0.4) is 0 Å². The van der Waals surface area contributed by atoms with Crippen LogP contribution >= 0.6 is 0 Å². The summed E-state index contributed by atoms with van der Waals surface area (Å²) >= 11 is 0. The van der Waals surface area contributed by atoms with Crippen LogP contribution in [0.5, 0.6) is 5.75 Å². The number of halogens is 3. The fourth-order valence-electron chi connectivity index (χ4n) is 5.48. The van der Waals surface area contributed by atoms with Crippen LogP contribution in [0.4, 0.5) is 13.2 Å². The van der Waals surface area contributed by atoms with Gasteiger partial charge in [-0.3, -0.25) is 0 Å². The smallest absolute Gasteiger partial charge is 0.405 e. The van der Waals surface area contributed by atoms with Gasteiger partial charge in [-0.05, 0) is 50.2 Å². The molecule has 4 aliphatic rings. The van der Waals surface area contributed by atoms with Gasteiger partial charge in [0.25, 0.3) is 0 Å². The third-order valence-corrected chi connectivity index (χ3v) is 7.01. The second-order valence-electron chi connectivity index (χ2n) is 8.99. The van der Waals surface area contributed by atoms with Crippen molar-refractivity contribution in [2.75, 3.05) is 0 Å². The van der Waals surface area contributed by atoms with Crippen molar-refractivity contribution in [1.29, 1.82) is 0 Å². The minimum Gasteiger partial charge on any atom is -0.405 e. The molecule has 6 rings (SSSR count). The lowest BCUT2D eigenvalue weighted by molar-refractivity contribution is -0.274. The fourth-order valence-corrected chi connectivity index (χ4v) is 5.48. The summed E-state index contributed by atoms with van der Waals surface area (Å²) in [6.07, 6.45) is 1.06. The van der Waals surface area contributed by atoms with Gasteiger partial charge in [-0.25, -0.2) is 0 Å². The zero-order valence-corrected chi connectivity index (χ0v) is 16.3. The van der Waals surface area contributed by atoms with Crippen LogP contribution in [-0.4, -0.2) is 29.7 Å². The Morgan fingerprint density at radius 2 is 1.97 bits per heavy atom. The molecule has 1 N–H and O–H groups in total. The average molecular weight is 420 g/mol. The first kappa shape index (κ1) is 18.7. The molecule has 5 nitrogen and oxygen atoms in total. The van der Waals surface area contributed by atoms with Crippen molar-refractivity contribution < 1.29 is 27.2 Å². The second kappa shape index (κ2) is 6.72. The number of fused-ring (bicyclic) bond motifs is 4. The van der Waals surface area contributed by atoms with Gasteiger partial charge < -0.3 is 19.3 Å². The highest BCUT2D eigenvalue weighted by Gasteiger charge is 2.60. The Labute approximate surface area is 171 Å². The van der Waals surface area contributed by atoms with E-state index < -0.39 is 6.36 Å². The SMILES string of the molecule is FC(F)(F)Oc1ccccc1-c1noc(C2CC2)c1CO[C@H]1C2CC3CCC(N3)C21. The molecule has 0 radical (unpaired) electrons. The molecular formula is C22H23F3N2O3. The molecule has 8 heteroatoms. The molecule has 2 aromatic rings. The Balaban J connectivity index is 1.27. The molecule has 2 bridgehead atoms. The Morgan fingerprint density at radius 1 is 1.13 bits per heavy atom. The topological polar surface area (TPSA) is 56.5 Å². The summed E-state index contributed by atoms with van der Waals surface area (Å²) in [5, 5.41) is 7.83. The van der Waals surface area contributed by atoms with Crippen molar-refractivity contribution in [3.05, 3.63) is 35.6 Å². The highest BCUT2D eigenvalue weighted by Crippen LogP contribution is 2.55. The fraction of sp³-hybridized carbons (Fsp3) is 0.591. The van der Waals surface area contributed by atoms with Gasteiger partial charge in [0.05, 0.1) is 12.7 Å². The number of ether oxygens (including phenoxy) is 2. The molecular weight excluding hydrogens is 397 g/mol. The van der Waals surface area contributed by atoms with E-state index in [4.69, 9.17) is 9.26 Å². The molecule has 160 valence electrons. The number of hydrogen-bond acceptors (Lipinski definition) is 5. The maximum Gasteiger partial charge on any atom is 0.573 e. The standard InChI is InChI=1S/C22H23F3N2O3/c23-22(24,25)29-17-4-2-1-3-13(17)19-15(20(30-27-19)11-5-6-11)10-28-21-14-9-12-7-8-16(26-12)18(14)21/h1-4,11-12,14,16,18,21,26H,5-10H2/t12?,14?,16?,18?,21-/m0/s1. The Bertz CT molecular complexity index is 955. The molecule has 1 aromatic carbocycles. The van der Waals surface area contributed by atoms with E-state index in [0.717, 1.165) is 30.6 Å². The van der Waals surface area contributed by atoms with Gasteiger partial charge in [0.1, 0.15) is 17.2 Å². The van der Waals surface area contributed by atoms with Crippen LogP contribution in [0.15, 0.2) is 28.8 Å². The van der Waals surface area contributed by atoms with E-state index in [1.807, 2.05) is 0 Å². The molecule has 1 aromatic heterocycles. The Hall–Kier alpha value is -2.06. The van der Waals surface area contributed by atoms with Crippen LogP contribution in [0, 0.1) is 11.8 Å². The van der Waals surface area contributed by atoms with Gasteiger partial charge in [0, 0.05) is 35.0 Å². The van der Waals surface area contributed by atoms with Gasteiger partial charge in [-0.2, -0.15) is 0 Å². The summed E-state index contributed by atoms with van der Waals surface area (Å²) in [6, 6.07) is 7.23. The summed E-state index contributed by atoms with van der Waals surface area (Å²) in [4.78, 5) is 0. The van der Waals surface area contributed by atoms with Crippen LogP contribution in [0.1, 0.15) is 49.3 Å². The van der Waals surface area contributed by atoms with Crippen LogP contribution in [0.2, 0.25) is 0 Å². The second-order valence-corrected chi connectivity index (χ2v) is 8.99. The zero-order chi connectivity index (χ0) is 20.5. The van der Waals surface area contributed by atoms with Crippen LogP contribution < -0.4 is 10.1 Å². The molecule has 2 saturated carbocycles. The van der Waals surface area contributed by atoms with Crippen molar-refractivity contribution >= 4 is 0 Å². The first-order chi connectivity index (χ1) is 14.5. The zero-order valence-electron chi connectivity index (χ0n) is 16.3. The van der Waals surface area contributed by atoms with Gasteiger partial charge in [-0.15, -0.1) is 13.2 Å². The minimum absolute atomic E-state index is 0.212. The number of piperidine rings is 1. The number of nitrogens with one attached hydrogen (secondary N) is 1. The molecule has 2 aliphatic heterocycles. The highest BCUT2D eigenvalue weighted by molar-refractivity contribution is 5.70. The number of nitrogens with zero attached hydrogens (tertiary/aromatic N) is 1. The molecule has 4 fully saturated rings. The quantitative estimate of drug-likeness (QED) is 0.729. The largest absolute Gasteiger partial charge is 0.573 e.